The molecule has 164 valence electrons. The Balaban J connectivity index is 0.000000396. The summed E-state index contributed by atoms with van der Waals surface area (Å²) in [5, 5.41) is 7.92. The fourth-order valence-electron chi connectivity index (χ4n) is 3.13. The molecule has 30 heavy (non-hydrogen) atoms. The van der Waals surface area contributed by atoms with E-state index in [1.54, 1.807) is 0 Å². The summed E-state index contributed by atoms with van der Waals surface area (Å²) in [5.74, 6) is -2.16. The second-order valence-corrected chi connectivity index (χ2v) is 8.58. The minimum atomic E-state index is -5.08. The van der Waals surface area contributed by atoms with Gasteiger partial charge in [-0.25, -0.2) is 9.10 Å². The first-order chi connectivity index (χ1) is 14.1. The smallest absolute Gasteiger partial charge is 0.475 e. The first kappa shape index (κ1) is 24.5. The number of nitrogens with two attached hydrogens (primary N) is 1. The topological polar surface area (TPSA) is 66.6 Å². The number of nitrogens with zero attached hydrogens (tertiary/aromatic N) is 1. The first-order valence-electron chi connectivity index (χ1n) is 9.43. The zero-order chi connectivity index (χ0) is 22.1. The van der Waals surface area contributed by atoms with Crippen LogP contribution >= 0.6 is 23.5 Å². The molecule has 0 bridgehead atoms. The number of aliphatic carboxylic acids is 1. The normalized spacial score (nSPS) is 16.4. The molecule has 3 rings (SSSR count). The molecule has 0 amide bonds. The number of hydrogen-bond acceptors (Lipinski definition) is 4. The predicted octanol–water partition coefficient (Wildman–Crippen LogP) is 5.26. The van der Waals surface area contributed by atoms with Gasteiger partial charge in [0.05, 0.1) is 0 Å². The van der Waals surface area contributed by atoms with Gasteiger partial charge in [0.1, 0.15) is 0 Å². The highest BCUT2D eigenvalue weighted by molar-refractivity contribution is 7.97. The third-order valence-corrected chi connectivity index (χ3v) is 6.03. The van der Waals surface area contributed by atoms with Crippen LogP contribution in [0.1, 0.15) is 18.4 Å². The SMILES string of the molecule is NC(Cc1cccc(Cl)c1)C1CCN(Sc2ccccc2)CC1.O=C(O)C(F)(F)F. The Morgan fingerprint density at radius 3 is 2.30 bits per heavy atom. The molecule has 1 aliphatic heterocycles. The minimum absolute atomic E-state index is 0.220. The Hall–Kier alpha value is -1.74. The molecular weight excluding hydrogens is 437 g/mol. The monoisotopic (exact) mass is 460 g/mol. The summed E-state index contributed by atoms with van der Waals surface area (Å²) >= 11 is 7.92. The molecule has 0 saturated carbocycles. The lowest BCUT2D eigenvalue weighted by Crippen LogP contribution is -2.39. The van der Waals surface area contributed by atoms with Crippen LogP contribution in [0.25, 0.3) is 0 Å². The largest absolute Gasteiger partial charge is 0.490 e. The van der Waals surface area contributed by atoms with Gasteiger partial charge >= 0.3 is 12.1 Å². The fraction of sp³-hybridized carbons (Fsp3) is 0.381. The Morgan fingerprint density at radius 1 is 1.17 bits per heavy atom. The highest BCUT2D eigenvalue weighted by atomic mass is 35.5. The average Bonchev–Trinajstić information content (AvgIpc) is 2.69. The second-order valence-electron chi connectivity index (χ2n) is 6.97. The molecule has 4 nitrogen and oxygen atoms in total. The molecule has 1 unspecified atom stereocenters. The maximum atomic E-state index is 10.6. The van der Waals surface area contributed by atoms with Crippen molar-refractivity contribution in [2.75, 3.05) is 13.1 Å². The van der Waals surface area contributed by atoms with E-state index in [2.05, 4.69) is 40.7 Å². The second kappa shape index (κ2) is 11.6. The molecule has 0 aromatic heterocycles. The molecule has 0 spiro atoms. The molecule has 9 heteroatoms. The van der Waals surface area contributed by atoms with E-state index >= 15 is 0 Å². The highest BCUT2D eigenvalue weighted by Gasteiger charge is 2.38. The summed E-state index contributed by atoms with van der Waals surface area (Å²) in [7, 11) is 0. The van der Waals surface area contributed by atoms with Crippen LogP contribution in [0.2, 0.25) is 5.02 Å². The van der Waals surface area contributed by atoms with E-state index in [0.29, 0.717) is 5.92 Å². The number of piperidine rings is 1. The first-order valence-corrected chi connectivity index (χ1v) is 10.6. The van der Waals surface area contributed by atoms with Crippen molar-refractivity contribution in [3.63, 3.8) is 0 Å². The number of alkyl halides is 3. The van der Waals surface area contributed by atoms with Crippen molar-refractivity contribution in [1.82, 2.24) is 4.31 Å². The van der Waals surface area contributed by atoms with Crippen molar-refractivity contribution in [2.45, 2.75) is 36.4 Å². The van der Waals surface area contributed by atoms with Gasteiger partial charge in [-0.3, -0.25) is 0 Å². The van der Waals surface area contributed by atoms with E-state index in [0.717, 1.165) is 24.5 Å². The maximum Gasteiger partial charge on any atom is 0.490 e. The summed E-state index contributed by atoms with van der Waals surface area (Å²) in [6.07, 6.45) is -1.83. The summed E-state index contributed by atoms with van der Waals surface area (Å²) < 4.78 is 34.2. The van der Waals surface area contributed by atoms with Crippen LogP contribution in [0, 0.1) is 5.92 Å². The fourth-order valence-corrected chi connectivity index (χ4v) is 4.31. The van der Waals surface area contributed by atoms with Crippen LogP contribution in [0.3, 0.4) is 0 Å². The standard InChI is InChI=1S/C19H23ClN2S.C2HF3O2/c20-17-6-4-5-15(13-17)14-19(21)16-9-11-22(12-10-16)23-18-7-2-1-3-8-18;3-2(4,5)1(6)7/h1-8,13,16,19H,9-12,14,21H2;(H,6,7). The Morgan fingerprint density at radius 2 is 1.77 bits per heavy atom. The van der Waals surface area contributed by atoms with Crippen LogP contribution in [0.5, 0.6) is 0 Å². The number of carbonyl (C=O) groups is 1. The van der Waals surface area contributed by atoms with Crippen molar-refractivity contribution < 1.29 is 23.1 Å². The van der Waals surface area contributed by atoms with Crippen LogP contribution in [-0.4, -0.2) is 40.7 Å². The van der Waals surface area contributed by atoms with Crippen molar-refractivity contribution >= 4 is 29.5 Å². The van der Waals surface area contributed by atoms with Crippen molar-refractivity contribution in [3.05, 3.63) is 65.2 Å². The van der Waals surface area contributed by atoms with Gasteiger partial charge in [-0.15, -0.1) is 0 Å². The molecule has 2 aromatic rings. The molecule has 0 aliphatic carbocycles. The summed E-state index contributed by atoms with van der Waals surface area (Å²) in [5.41, 5.74) is 7.70. The van der Waals surface area contributed by atoms with Crippen LogP contribution in [-0.2, 0) is 11.2 Å². The number of carboxylic acids is 1. The third-order valence-electron chi connectivity index (χ3n) is 4.68. The van der Waals surface area contributed by atoms with Crippen molar-refractivity contribution in [3.8, 4) is 0 Å². The predicted molar refractivity (Wildman–Crippen MR) is 113 cm³/mol. The number of hydrogen-bond donors (Lipinski definition) is 2. The summed E-state index contributed by atoms with van der Waals surface area (Å²) in [4.78, 5) is 10.2. The number of carboxylic acid groups (broad SMARTS) is 1. The lowest BCUT2D eigenvalue weighted by atomic mass is 9.87. The Kier molecular flexibility index (Phi) is 9.48. The number of benzene rings is 2. The molecule has 1 heterocycles. The van der Waals surface area contributed by atoms with Gasteiger partial charge in [-0.05, 0) is 67.0 Å². The third kappa shape index (κ3) is 8.55. The lowest BCUT2D eigenvalue weighted by molar-refractivity contribution is -0.192. The van der Waals surface area contributed by atoms with E-state index in [1.165, 1.54) is 23.3 Å². The summed E-state index contributed by atoms with van der Waals surface area (Å²) in [6.45, 7) is 2.21. The molecule has 0 radical (unpaired) electrons. The van der Waals surface area contributed by atoms with E-state index < -0.39 is 12.1 Å². The lowest BCUT2D eigenvalue weighted by Gasteiger charge is -2.34. The Labute approximate surface area is 183 Å². The highest BCUT2D eigenvalue weighted by Crippen LogP contribution is 2.30. The van der Waals surface area contributed by atoms with Crippen molar-refractivity contribution in [2.24, 2.45) is 11.7 Å². The minimum Gasteiger partial charge on any atom is -0.475 e. The molecule has 3 N–H and O–H groups in total. The average molecular weight is 461 g/mol. The van der Waals surface area contributed by atoms with E-state index in [4.69, 9.17) is 27.2 Å². The zero-order valence-corrected chi connectivity index (χ0v) is 17.8. The Bertz CT molecular complexity index is 800. The molecular formula is C21H24ClF3N2O2S. The van der Waals surface area contributed by atoms with Gasteiger partial charge in [0.25, 0.3) is 0 Å². The van der Waals surface area contributed by atoms with Crippen molar-refractivity contribution in [1.29, 1.82) is 0 Å². The number of rotatable bonds is 5. The van der Waals surface area contributed by atoms with Gasteiger partial charge in [0, 0.05) is 29.0 Å². The van der Waals surface area contributed by atoms with Gasteiger partial charge in [-0.1, -0.05) is 41.9 Å². The van der Waals surface area contributed by atoms with Gasteiger partial charge in [0.2, 0.25) is 0 Å². The van der Waals surface area contributed by atoms with E-state index in [1.807, 2.05) is 30.1 Å². The molecule has 1 fully saturated rings. The molecule has 1 aliphatic rings. The van der Waals surface area contributed by atoms with E-state index in [-0.39, 0.29) is 6.04 Å². The number of halogens is 4. The maximum absolute atomic E-state index is 10.6. The van der Waals surface area contributed by atoms with Crippen LogP contribution < -0.4 is 5.73 Å². The van der Waals surface area contributed by atoms with Gasteiger partial charge in [-0.2, -0.15) is 13.2 Å². The van der Waals surface area contributed by atoms with Gasteiger partial charge in [0.15, 0.2) is 0 Å². The van der Waals surface area contributed by atoms with Crippen LogP contribution in [0.4, 0.5) is 13.2 Å². The van der Waals surface area contributed by atoms with E-state index in [9.17, 15) is 13.2 Å². The summed E-state index contributed by atoms with van der Waals surface area (Å²) in [6, 6.07) is 18.9. The molecule has 1 atom stereocenters. The van der Waals surface area contributed by atoms with Gasteiger partial charge < -0.3 is 10.8 Å². The molecule has 2 aromatic carbocycles. The zero-order valence-electron chi connectivity index (χ0n) is 16.2. The van der Waals surface area contributed by atoms with Crippen LogP contribution in [0.15, 0.2) is 59.5 Å². The quantitative estimate of drug-likeness (QED) is 0.595. The molecule has 1 saturated heterocycles.